The quantitative estimate of drug-likeness (QED) is 0.709. The van der Waals surface area contributed by atoms with Crippen LogP contribution < -0.4 is 0 Å². The maximum Gasteiger partial charge on any atom is 0.223 e. The number of rotatable bonds is 7. The van der Waals surface area contributed by atoms with Crippen molar-refractivity contribution >= 4 is 17.2 Å². The summed E-state index contributed by atoms with van der Waals surface area (Å²) in [5.41, 5.74) is 2.83. The Labute approximate surface area is 149 Å². The van der Waals surface area contributed by atoms with E-state index in [2.05, 4.69) is 20.5 Å². The van der Waals surface area contributed by atoms with Crippen LogP contribution in [0.25, 0.3) is 0 Å². The first-order valence-electron chi connectivity index (χ1n) is 8.22. The average Bonchev–Trinajstić information content (AvgIpc) is 3.26. The predicted octanol–water partition coefficient (Wildman–Crippen LogP) is 0.617. The van der Waals surface area contributed by atoms with Crippen molar-refractivity contribution in [1.82, 2.24) is 30.1 Å². The number of carbonyl (C=O) groups excluding carboxylic acids is 1. The van der Waals surface area contributed by atoms with E-state index in [9.17, 15) is 4.79 Å². The lowest BCUT2D eigenvalue weighted by molar-refractivity contribution is -0.139. The maximum absolute atomic E-state index is 12.6. The molecule has 1 atom stereocenters. The van der Waals surface area contributed by atoms with Gasteiger partial charge < -0.3 is 14.4 Å². The van der Waals surface area contributed by atoms with E-state index < -0.39 is 0 Å². The van der Waals surface area contributed by atoms with Crippen molar-refractivity contribution in [3.63, 3.8) is 0 Å². The summed E-state index contributed by atoms with van der Waals surface area (Å²) in [5.74, 6) is 0.755. The number of aromatic nitrogens is 5. The number of amides is 1. The van der Waals surface area contributed by atoms with Gasteiger partial charge in [0.25, 0.3) is 0 Å². The molecule has 0 saturated carbocycles. The molecule has 0 aliphatic carbocycles. The van der Waals surface area contributed by atoms with Gasteiger partial charge in [0.05, 0.1) is 37.5 Å². The second-order valence-electron chi connectivity index (χ2n) is 5.81. The molecule has 2 aromatic heterocycles. The summed E-state index contributed by atoms with van der Waals surface area (Å²) in [5, 5.41) is 11.7. The lowest BCUT2D eigenvalue weighted by Gasteiger charge is -2.32. The zero-order valence-electron chi connectivity index (χ0n) is 14.4. The predicted molar refractivity (Wildman–Crippen MR) is 90.1 cm³/mol. The molecule has 1 fully saturated rings. The zero-order valence-corrected chi connectivity index (χ0v) is 15.2. The first-order chi connectivity index (χ1) is 12.2. The topological polar surface area (TPSA) is 95.3 Å². The molecule has 2 aromatic rings. The number of ether oxygens (including phenoxy) is 2. The first kappa shape index (κ1) is 17.9. The van der Waals surface area contributed by atoms with Gasteiger partial charge in [-0.15, -0.1) is 16.4 Å². The van der Waals surface area contributed by atoms with Crippen LogP contribution >= 0.6 is 11.3 Å². The third-order valence-electron chi connectivity index (χ3n) is 4.18. The Bertz CT molecular complexity index is 703. The molecule has 136 valence electrons. The SMILES string of the molecule is COCCn1nnnc1C1CN(C(=O)CCc2scnc2C)CCO1. The van der Waals surface area contributed by atoms with Gasteiger partial charge in [0, 0.05) is 25.0 Å². The Morgan fingerprint density at radius 1 is 1.52 bits per heavy atom. The Morgan fingerprint density at radius 2 is 2.40 bits per heavy atom. The van der Waals surface area contributed by atoms with Gasteiger partial charge in [-0.3, -0.25) is 4.79 Å². The number of nitrogens with zero attached hydrogens (tertiary/aromatic N) is 6. The van der Waals surface area contributed by atoms with E-state index in [-0.39, 0.29) is 12.0 Å². The molecule has 1 saturated heterocycles. The number of methoxy groups -OCH3 is 1. The van der Waals surface area contributed by atoms with E-state index in [1.165, 1.54) is 4.88 Å². The van der Waals surface area contributed by atoms with Gasteiger partial charge in [0.2, 0.25) is 5.91 Å². The molecule has 1 aliphatic heterocycles. The summed E-state index contributed by atoms with van der Waals surface area (Å²) in [6.07, 6.45) is 0.891. The summed E-state index contributed by atoms with van der Waals surface area (Å²) in [4.78, 5) is 19.8. The largest absolute Gasteiger partial charge is 0.383 e. The van der Waals surface area contributed by atoms with E-state index >= 15 is 0 Å². The summed E-state index contributed by atoms with van der Waals surface area (Å²) in [6, 6.07) is 0. The molecule has 9 nitrogen and oxygen atoms in total. The van der Waals surface area contributed by atoms with E-state index in [0.29, 0.717) is 45.1 Å². The van der Waals surface area contributed by atoms with Gasteiger partial charge in [0.15, 0.2) is 5.82 Å². The number of carbonyl (C=O) groups is 1. The highest BCUT2D eigenvalue weighted by Crippen LogP contribution is 2.21. The Hall–Kier alpha value is -1.91. The third-order valence-corrected chi connectivity index (χ3v) is 5.18. The molecule has 0 spiro atoms. The molecule has 10 heteroatoms. The van der Waals surface area contributed by atoms with Crippen molar-refractivity contribution in [2.24, 2.45) is 0 Å². The number of aryl methyl sites for hydroxylation is 2. The standard InChI is InChI=1S/C15H22N6O3S/c1-11-13(25-10-16-11)3-4-14(22)20-5-8-24-12(9-20)15-17-18-19-21(15)6-7-23-2/h10,12H,3-9H2,1-2H3. The number of thiazole rings is 1. The van der Waals surface area contributed by atoms with Crippen molar-refractivity contribution in [3.8, 4) is 0 Å². The fourth-order valence-corrected chi connectivity index (χ4v) is 3.54. The van der Waals surface area contributed by atoms with Gasteiger partial charge >= 0.3 is 0 Å². The molecule has 1 unspecified atom stereocenters. The molecular weight excluding hydrogens is 344 g/mol. The molecule has 0 N–H and O–H groups in total. The van der Waals surface area contributed by atoms with Crippen LogP contribution in [0.4, 0.5) is 0 Å². The summed E-state index contributed by atoms with van der Waals surface area (Å²) in [7, 11) is 1.63. The summed E-state index contributed by atoms with van der Waals surface area (Å²) in [6.45, 7) is 4.58. The van der Waals surface area contributed by atoms with Crippen LogP contribution in [0.2, 0.25) is 0 Å². The molecule has 25 heavy (non-hydrogen) atoms. The van der Waals surface area contributed by atoms with Crippen LogP contribution in [-0.2, 0) is 27.2 Å². The number of hydrogen-bond donors (Lipinski definition) is 0. The molecule has 0 bridgehead atoms. The number of tetrazole rings is 1. The molecule has 1 amide bonds. The zero-order chi connectivity index (χ0) is 17.6. The monoisotopic (exact) mass is 366 g/mol. The minimum absolute atomic E-state index is 0.122. The van der Waals surface area contributed by atoms with Crippen molar-refractivity contribution in [1.29, 1.82) is 0 Å². The second kappa shape index (κ2) is 8.45. The summed E-state index contributed by atoms with van der Waals surface area (Å²) >= 11 is 1.60. The second-order valence-corrected chi connectivity index (χ2v) is 6.75. The van der Waals surface area contributed by atoms with Crippen LogP contribution in [0.3, 0.4) is 0 Å². The lowest BCUT2D eigenvalue weighted by atomic mass is 10.2. The van der Waals surface area contributed by atoms with Crippen LogP contribution in [0.15, 0.2) is 5.51 Å². The van der Waals surface area contributed by atoms with Gasteiger partial charge in [-0.25, -0.2) is 9.67 Å². The smallest absolute Gasteiger partial charge is 0.223 e. The molecule has 0 radical (unpaired) electrons. The lowest BCUT2D eigenvalue weighted by Crippen LogP contribution is -2.43. The number of hydrogen-bond acceptors (Lipinski definition) is 8. The molecule has 1 aliphatic rings. The van der Waals surface area contributed by atoms with E-state index in [0.717, 1.165) is 12.1 Å². The minimum Gasteiger partial charge on any atom is -0.383 e. The highest BCUT2D eigenvalue weighted by atomic mass is 32.1. The van der Waals surface area contributed by atoms with Crippen molar-refractivity contribution in [2.75, 3.05) is 33.4 Å². The van der Waals surface area contributed by atoms with Crippen LogP contribution in [-0.4, -0.2) is 69.4 Å². The van der Waals surface area contributed by atoms with Crippen LogP contribution in [0.5, 0.6) is 0 Å². The molecular formula is C15H22N6O3S. The molecule has 3 heterocycles. The van der Waals surface area contributed by atoms with E-state index in [1.807, 2.05) is 17.3 Å². The summed E-state index contributed by atoms with van der Waals surface area (Å²) < 4.78 is 12.5. The normalized spacial score (nSPS) is 17.8. The van der Waals surface area contributed by atoms with Crippen molar-refractivity contribution < 1.29 is 14.3 Å². The van der Waals surface area contributed by atoms with Gasteiger partial charge in [-0.05, 0) is 23.8 Å². The Kier molecular flexibility index (Phi) is 6.05. The maximum atomic E-state index is 12.6. The third kappa shape index (κ3) is 4.39. The average molecular weight is 366 g/mol. The van der Waals surface area contributed by atoms with Crippen LogP contribution in [0.1, 0.15) is 28.9 Å². The fraction of sp³-hybridized carbons (Fsp3) is 0.667. The first-order valence-corrected chi connectivity index (χ1v) is 9.10. The Morgan fingerprint density at radius 3 is 3.16 bits per heavy atom. The van der Waals surface area contributed by atoms with Gasteiger partial charge in [0.1, 0.15) is 6.10 Å². The molecule has 3 rings (SSSR count). The van der Waals surface area contributed by atoms with E-state index in [1.54, 1.807) is 23.1 Å². The van der Waals surface area contributed by atoms with Crippen molar-refractivity contribution in [3.05, 3.63) is 21.9 Å². The van der Waals surface area contributed by atoms with Crippen LogP contribution in [0, 0.1) is 6.92 Å². The van der Waals surface area contributed by atoms with Gasteiger partial charge in [-0.1, -0.05) is 0 Å². The highest BCUT2D eigenvalue weighted by molar-refractivity contribution is 7.09. The van der Waals surface area contributed by atoms with Crippen molar-refractivity contribution in [2.45, 2.75) is 32.4 Å². The van der Waals surface area contributed by atoms with E-state index in [4.69, 9.17) is 9.47 Å². The Balaban J connectivity index is 1.58. The highest BCUT2D eigenvalue weighted by Gasteiger charge is 2.29. The number of morpholine rings is 1. The molecule has 0 aromatic carbocycles. The minimum atomic E-state index is -0.310. The van der Waals surface area contributed by atoms with Gasteiger partial charge in [-0.2, -0.15) is 0 Å². The fourth-order valence-electron chi connectivity index (χ4n) is 2.76.